The molecule has 1 saturated carbocycles. The number of urea groups is 1. The summed E-state index contributed by atoms with van der Waals surface area (Å²) in [6.45, 7) is 5.39. The van der Waals surface area contributed by atoms with E-state index in [9.17, 15) is 29.8 Å². The molecule has 1 atom stereocenters. The fourth-order valence-electron chi connectivity index (χ4n) is 2.73. The summed E-state index contributed by atoms with van der Waals surface area (Å²) in [4.78, 5) is 44.5. The van der Waals surface area contributed by atoms with Crippen LogP contribution in [0.25, 0.3) is 0 Å². The van der Waals surface area contributed by atoms with Crippen LogP contribution in [0.1, 0.15) is 27.2 Å². The van der Waals surface area contributed by atoms with Crippen molar-refractivity contribution in [3.05, 3.63) is 38.4 Å². The Morgan fingerprint density at radius 3 is 2.33 bits per heavy atom. The molecule has 146 valence electrons. The Balaban J connectivity index is 2.08. The lowest BCUT2D eigenvalue weighted by molar-refractivity contribution is -0.393. The van der Waals surface area contributed by atoms with Gasteiger partial charge >= 0.3 is 17.7 Å². The van der Waals surface area contributed by atoms with E-state index in [1.54, 1.807) is 20.8 Å². The second-order valence-corrected chi connectivity index (χ2v) is 6.61. The fraction of sp³-hybridized carbons (Fsp3) is 0.467. The number of hydrazine groups is 1. The largest absolute Gasteiger partial charge is 0.464 e. The highest BCUT2D eigenvalue weighted by atomic mass is 16.6. The van der Waals surface area contributed by atoms with Crippen molar-refractivity contribution in [3.63, 3.8) is 0 Å². The van der Waals surface area contributed by atoms with E-state index < -0.39 is 44.2 Å². The van der Waals surface area contributed by atoms with Gasteiger partial charge in [-0.2, -0.15) is 0 Å². The Bertz CT molecular complexity index is 810. The number of carbonyl (C=O) groups is 2. The highest BCUT2D eigenvalue weighted by molar-refractivity contribution is 5.92. The molecule has 0 heterocycles. The lowest BCUT2D eigenvalue weighted by Gasteiger charge is -2.21. The van der Waals surface area contributed by atoms with Crippen molar-refractivity contribution < 1.29 is 24.2 Å². The van der Waals surface area contributed by atoms with Crippen molar-refractivity contribution in [2.24, 2.45) is 5.41 Å². The van der Waals surface area contributed by atoms with E-state index in [2.05, 4.69) is 16.2 Å². The molecule has 1 fully saturated rings. The number of rotatable bonds is 7. The first-order chi connectivity index (χ1) is 12.5. The number of carbonyl (C=O) groups excluding carboxylic acids is 2. The summed E-state index contributed by atoms with van der Waals surface area (Å²) in [5.74, 6) is -0.563. The molecule has 1 unspecified atom stereocenters. The number of non-ortho nitro benzene ring substituents is 1. The van der Waals surface area contributed by atoms with E-state index in [-0.39, 0.29) is 12.3 Å². The summed E-state index contributed by atoms with van der Waals surface area (Å²) in [7, 11) is 0. The predicted molar refractivity (Wildman–Crippen MR) is 92.8 cm³/mol. The van der Waals surface area contributed by atoms with E-state index >= 15 is 0 Å². The molecule has 0 aromatic heterocycles. The Hall–Kier alpha value is -3.44. The van der Waals surface area contributed by atoms with Crippen molar-refractivity contribution in [1.82, 2.24) is 10.7 Å². The topological polar surface area (TPSA) is 166 Å². The summed E-state index contributed by atoms with van der Waals surface area (Å²) >= 11 is 0. The van der Waals surface area contributed by atoms with Gasteiger partial charge in [-0.3, -0.25) is 31.1 Å². The van der Waals surface area contributed by atoms with Crippen LogP contribution < -0.4 is 16.2 Å². The lowest BCUT2D eigenvalue weighted by Crippen LogP contribution is -2.52. The number of nitro groups is 2. The van der Waals surface area contributed by atoms with Crippen LogP contribution in [-0.4, -0.2) is 34.0 Å². The molecule has 0 aliphatic heterocycles. The van der Waals surface area contributed by atoms with Crippen LogP contribution in [0, 0.1) is 25.6 Å². The van der Waals surface area contributed by atoms with Gasteiger partial charge in [-0.05, 0) is 19.4 Å². The maximum atomic E-state index is 12.2. The molecule has 1 aliphatic carbocycles. The number of nitro benzene ring substituents is 2. The predicted octanol–water partition coefficient (Wildman–Crippen LogP) is 1.86. The van der Waals surface area contributed by atoms with Crippen LogP contribution in [-0.2, 0) is 9.53 Å². The van der Waals surface area contributed by atoms with Crippen molar-refractivity contribution >= 4 is 29.1 Å². The first-order valence-electron chi connectivity index (χ1n) is 7.98. The van der Waals surface area contributed by atoms with Crippen LogP contribution in [0.5, 0.6) is 0 Å². The second-order valence-electron chi connectivity index (χ2n) is 6.61. The zero-order valence-electron chi connectivity index (χ0n) is 14.9. The summed E-state index contributed by atoms with van der Waals surface area (Å²) in [6.07, 6.45) is 0.379. The standard InChI is InChI=1S/C15H19N5O7/c1-4-27-12(21)15(8-14(15,2)3)16-13(22)18-17-10-6-5-9(19(23)24)7-11(10)20(25)26/h5-7,17H,4,8H2,1-3H3,(H2,16,18,22). The molecule has 3 N–H and O–H groups in total. The minimum Gasteiger partial charge on any atom is -0.464 e. The normalized spacial score (nSPS) is 19.5. The number of benzene rings is 1. The van der Waals surface area contributed by atoms with E-state index in [1.807, 2.05) is 0 Å². The molecule has 0 saturated heterocycles. The zero-order valence-corrected chi connectivity index (χ0v) is 14.9. The summed E-state index contributed by atoms with van der Waals surface area (Å²) in [6, 6.07) is 2.12. The molecule has 2 amide bonds. The third kappa shape index (κ3) is 3.88. The lowest BCUT2D eigenvalue weighted by atomic mass is 10.1. The Labute approximate surface area is 153 Å². The van der Waals surface area contributed by atoms with Gasteiger partial charge in [0, 0.05) is 11.5 Å². The number of nitrogens with one attached hydrogen (secondary N) is 3. The van der Waals surface area contributed by atoms with Gasteiger partial charge in [0.25, 0.3) is 5.69 Å². The average molecular weight is 381 g/mol. The average Bonchev–Trinajstić information content (AvgIpc) is 3.14. The van der Waals surface area contributed by atoms with Crippen LogP contribution in [0.3, 0.4) is 0 Å². The van der Waals surface area contributed by atoms with Crippen LogP contribution in [0.2, 0.25) is 0 Å². The SMILES string of the molecule is CCOC(=O)C1(NC(=O)NNc2ccc([N+](=O)[O-])cc2[N+](=O)[O-])CC1(C)C. The third-order valence-corrected chi connectivity index (χ3v) is 4.39. The van der Waals surface area contributed by atoms with E-state index in [0.717, 1.165) is 18.2 Å². The van der Waals surface area contributed by atoms with Gasteiger partial charge in [-0.1, -0.05) is 13.8 Å². The smallest absolute Gasteiger partial charge is 0.334 e. The van der Waals surface area contributed by atoms with Crippen molar-refractivity contribution in [2.45, 2.75) is 32.7 Å². The molecule has 1 aliphatic rings. The number of hydrogen-bond donors (Lipinski definition) is 3. The number of anilines is 1. The van der Waals surface area contributed by atoms with Gasteiger partial charge in [0.05, 0.1) is 22.5 Å². The molecular formula is C15H19N5O7. The quantitative estimate of drug-likeness (QED) is 0.365. The van der Waals surface area contributed by atoms with Crippen LogP contribution in [0.4, 0.5) is 21.9 Å². The molecular weight excluding hydrogens is 362 g/mol. The monoisotopic (exact) mass is 381 g/mol. The molecule has 0 radical (unpaired) electrons. The summed E-state index contributed by atoms with van der Waals surface area (Å²) in [5.41, 5.74) is 1.64. The Morgan fingerprint density at radius 1 is 1.22 bits per heavy atom. The van der Waals surface area contributed by atoms with Gasteiger partial charge in [-0.15, -0.1) is 0 Å². The third-order valence-electron chi connectivity index (χ3n) is 4.39. The maximum absolute atomic E-state index is 12.2. The molecule has 1 aromatic rings. The number of amides is 2. The summed E-state index contributed by atoms with van der Waals surface area (Å²) < 4.78 is 5.00. The van der Waals surface area contributed by atoms with Crippen molar-refractivity contribution in [3.8, 4) is 0 Å². The first-order valence-corrected chi connectivity index (χ1v) is 7.98. The molecule has 2 rings (SSSR count). The van der Waals surface area contributed by atoms with Crippen molar-refractivity contribution in [1.29, 1.82) is 0 Å². The maximum Gasteiger partial charge on any atom is 0.334 e. The van der Waals surface area contributed by atoms with E-state index in [1.165, 1.54) is 0 Å². The van der Waals surface area contributed by atoms with Gasteiger partial charge in [0.1, 0.15) is 11.2 Å². The number of hydrogen-bond acceptors (Lipinski definition) is 8. The van der Waals surface area contributed by atoms with Gasteiger partial charge < -0.3 is 10.1 Å². The molecule has 1 aromatic carbocycles. The molecule has 27 heavy (non-hydrogen) atoms. The van der Waals surface area contributed by atoms with Gasteiger partial charge in [0.15, 0.2) is 0 Å². The molecule has 0 spiro atoms. The van der Waals surface area contributed by atoms with Crippen LogP contribution >= 0.6 is 0 Å². The van der Waals surface area contributed by atoms with E-state index in [0.29, 0.717) is 6.42 Å². The Kier molecular flexibility index (Phi) is 5.19. The van der Waals surface area contributed by atoms with Gasteiger partial charge in [0.2, 0.25) is 0 Å². The minimum atomic E-state index is -1.18. The second kappa shape index (κ2) is 7.05. The first kappa shape index (κ1) is 19.9. The molecule has 0 bridgehead atoms. The fourth-order valence-corrected chi connectivity index (χ4v) is 2.73. The Morgan fingerprint density at radius 2 is 1.85 bits per heavy atom. The van der Waals surface area contributed by atoms with Crippen molar-refractivity contribution in [2.75, 3.05) is 12.0 Å². The molecule has 12 heteroatoms. The zero-order chi connectivity index (χ0) is 20.4. The molecule has 12 nitrogen and oxygen atoms in total. The highest BCUT2D eigenvalue weighted by Crippen LogP contribution is 2.56. The van der Waals surface area contributed by atoms with E-state index in [4.69, 9.17) is 4.74 Å². The minimum absolute atomic E-state index is 0.152. The van der Waals surface area contributed by atoms with Crippen LogP contribution in [0.15, 0.2) is 18.2 Å². The number of nitrogens with zero attached hydrogens (tertiary/aromatic N) is 2. The number of ether oxygens (including phenoxy) is 1. The highest BCUT2D eigenvalue weighted by Gasteiger charge is 2.68. The van der Waals surface area contributed by atoms with Gasteiger partial charge in [-0.25, -0.2) is 9.59 Å². The number of esters is 1. The summed E-state index contributed by atoms with van der Waals surface area (Å²) in [5, 5.41) is 24.3.